The number of thioether (sulfide) groups is 1. The highest BCUT2D eigenvalue weighted by Crippen LogP contribution is 2.31. The van der Waals surface area contributed by atoms with Crippen molar-refractivity contribution < 1.29 is 0 Å². The zero-order valence-corrected chi connectivity index (χ0v) is 9.95. The molecule has 0 nitrogen and oxygen atoms in total. The minimum absolute atomic E-state index is 0.759. The average Bonchev–Trinajstić information content (AvgIpc) is 2.18. The number of benzene rings is 1. The van der Waals surface area contributed by atoms with Gasteiger partial charge in [0.1, 0.15) is 0 Å². The third-order valence-electron chi connectivity index (χ3n) is 1.86. The maximum absolute atomic E-state index is 5.80. The fourth-order valence-corrected chi connectivity index (χ4v) is 1.83. The van der Waals surface area contributed by atoms with Gasteiger partial charge in [0, 0.05) is 9.93 Å². The number of rotatable bonds is 3. The molecule has 0 bridgehead atoms. The van der Waals surface area contributed by atoms with E-state index in [1.807, 2.05) is 31.2 Å². The topological polar surface area (TPSA) is 0 Å². The molecule has 2 heteroatoms. The molecule has 0 spiro atoms. The van der Waals surface area contributed by atoms with Crippen LogP contribution in [0.15, 0.2) is 41.8 Å². The molecule has 0 aliphatic rings. The molecule has 0 amide bonds. The van der Waals surface area contributed by atoms with Gasteiger partial charge in [0.25, 0.3) is 0 Å². The van der Waals surface area contributed by atoms with Gasteiger partial charge in [0.15, 0.2) is 0 Å². The van der Waals surface area contributed by atoms with Gasteiger partial charge in [-0.2, -0.15) is 0 Å². The summed E-state index contributed by atoms with van der Waals surface area (Å²) in [6, 6.07) is 7.74. The van der Waals surface area contributed by atoms with Crippen molar-refractivity contribution in [1.29, 1.82) is 0 Å². The maximum Gasteiger partial charge on any atom is 0.0406 e. The van der Waals surface area contributed by atoms with Gasteiger partial charge >= 0.3 is 0 Å². The predicted octanol–water partition coefficient (Wildman–Crippen LogP) is 4.97. The van der Waals surface area contributed by atoms with Crippen LogP contribution in [0.3, 0.4) is 0 Å². The molecule has 0 atom stereocenters. The van der Waals surface area contributed by atoms with Crippen molar-refractivity contribution in [3.8, 4) is 0 Å². The van der Waals surface area contributed by atoms with Crippen LogP contribution < -0.4 is 0 Å². The molecule has 0 fully saturated rings. The molecular formula is C12H13ClS. The van der Waals surface area contributed by atoms with Crippen molar-refractivity contribution in [2.24, 2.45) is 0 Å². The maximum atomic E-state index is 5.80. The fraction of sp³-hybridized carbons (Fsp3) is 0.167. The van der Waals surface area contributed by atoms with E-state index in [9.17, 15) is 0 Å². The standard InChI is InChI=1S/C12H13ClS/c1-4-9(2)14-10(3)11-5-7-12(13)8-6-11/h4-8H,3H2,1-2H3/b9-4-. The lowest BCUT2D eigenvalue weighted by Gasteiger charge is -2.05. The summed E-state index contributed by atoms with van der Waals surface area (Å²) in [4.78, 5) is 2.31. The van der Waals surface area contributed by atoms with E-state index in [0.29, 0.717) is 0 Å². The summed E-state index contributed by atoms with van der Waals surface area (Å²) in [5, 5.41) is 0.759. The molecule has 1 aromatic carbocycles. The van der Waals surface area contributed by atoms with E-state index in [1.54, 1.807) is 11.8 Å². The minimum Gasteiger partial charge on any atom is -0.0952 e. The summed E-state index contributed by atoms with van der Waals surface area (Å²) in [6.45, 7) is 8.12. The molecular weight excluding hydrogens is 212 g/mol. The molecule has 1 aromatic rings. The van der Waals surface area contributed by atoms with Gasteiger partial charge < -0.3 is 0 Å². The summed E-state index contributed by atoms with van der Waals surface area (Å²) >= 11 is 7.48. The Hall–Kier alpha value is -0.660. The van der Waals surface area contributed by atoms with Crippen molar-refractivity contribution in [3.63, 3.8) is 0 Å². The Kier molecular flexibility index (Phi) is 4.30. The van der Waals surface area contributed by atoms with Crippen LogP contribution in [0.2, 0.25) is 5.02 Å². The van der Waals surface area contributed by atoms with Gasteiger partial charge in [0.2, 0.25) is 0 Å². The lowest BCUT2D eigenvalue weighted by atomic mass is 10.2. The first kappa shape index (κ1) is 11.4. The van der Waals surface area contributed by atoms with Gasteiger partial charge in [-0.3, -0.25) is 0 Å². The van der Waals surface area contributed by atoms with Gasteiger partial charge in [-0.05, 0) is 36.4 Å². The molecule has 0 aliphatic heterocycles. The number of hydrogen-bond acceptors (Lipinski definition) is 1. The van der Waals surface area contributed by atoms with E-state index < -0.39 is 0 Å². The van der Waals surface area contributed by atoms with Crippen LogP contribution in [0.25, 0.3) is 4.91 Å². The second kappa shape index (κ2) is 5.28. The lowest BCUT2D eigenvalue weighted by Crippen LogP contribution is -1.77. The Morgan fingerprint density at radius 2 is 1.93 bits per heavy atom. The highest BCUT2D eigenvalue weighted by atomic mass is 35.5. The smallest absolute Gasteiger partial charge is 0.0406 e. The first-order chi connectivity index (χ1) is 6.63. The zero-order chi connectivity index (χ0) is 10.6. The molecule has 0 saturated carbocycles. The molecule has 0 radical (unpaired) electrons. The predicted molar refractivity (Wildman–Crippen MR) is 67.5 cm³/mol. The summed E-state index contributed by atoms with van der Waals surface area (Å²) < 4.78 is 0. The third-order valence-corrected chi connectivity index (χ3v) is 3.15. The quantitative estimate of drug-likeness (QED) is 0.699. The second-order valence-electron chi connectivity index (χ2n) is 2.93. The van der Waals surface area contributed by atoms with Gasteiger partial charge in [-0.25, -0.2) is 0 Å². The van der Waals surface area contributed by atoms with Crippen molar-refractivity contribution in [3.05, 3.63) is 52.4 Å². The molecule has 74 valence electrons. The van der Waals surface area contributed by atoms with Crippen molar-refractivity contribution >= 4 is 28.3 Å². The normalized spacial score (nSPS) is 11.5. The highest BCUT2D eigenvalue weighted by molar-refractivity contribution is 8.11. The van der Waals surface area contributed by atoms with Crippen LogP contribution in [-0.4, -0.2) is 0 Å². The molecule has 1 rings (SSSR count). The highest BCUT2D eigenvalue weighted by Gasteiger charge is 2.00. The molecule has 0 heterocycles. The summed E-state index contributed by atoms with van der Waals surface area (Å²) in [7, 11) is 0. The Labute approximate surface area is 94.7 Å². The van der Waals surface area contributed by atoms with Crippen molar-refractivity contribution in [2.75, 3.05) is 0 Å². The van der Waals surface area contributed by atoms with Crippen LogP contribution in [-0.2, 0) is 0 Å². The van der Waals surface area contributed by atoms with E-state index in [-0.39, 0.29) is 0 Å². The summed E-state index contributed by atoms with van der Waals surface area (Å²) in [5.41, 5.74) is 1.13. The van der Waals surface area contributed by atoms with Crippen LogP contribution in [0.1, 0.15) is 19.4 Å². The molecule has 0 aromatic heterocycles. The van der Waals surface area contributed by atoms with Crippen LogP contribution >= 0.6 is 23.4 Å². The SMILES string of the molecule is C=C(S/C(C)=C\C)c1ccc(Cl)cc1. The van der Waals surface area contributed by atoms with Crippen molar-refractivity contribution in [2.45, 2.75) is 13.8 Å². The minimum atomic E-state index is 0.759. The third kappa shape index (κ3) is 3.24. The molecule has 0 unspecified atom stereocenters. The van der Waals surface area contributed by atoms with Gasteiger partial charge in [-0.1, -0.05) is 48.2 Å². The zero-order valence-electron chi connectivity index (χ0n) is 8.38. The first-order valence-corrected chi connectivity index (χ1v) is 5.58. The number of halogens is 1. The number of hydrogen-bond donors (Lipinski definition) is 0. The van der Waals surface area contributed by atoms with E-state index in [2.05, 4.69) is 19.6 Å². The Morgan fingerprint density at radius 3 is 2.43 bits per heavy atom. The number of allylic oxidation sites excluding steroid dienone is 2. The van der Waals surface area contributed by atoms with E-state index in [0.717, 1.165) is 15.5 Å². The molecule has 0 saturated heterocycles. The second-order valence-corrected chi connectivity index (χ2v) is 4.71. The Balaban J connectivity index is 2.75. The van der Waals surface area contributed by atoms with E-state index >= 15 is 0 Å². The van der Waals surface area contributed by atoms with Crippen LogP contribution in [0.5, 0.6) is 0 Å². The largest absolute Gasteiger partial charge is 0.0952 e. The average molecular weight is 225 g/mol. The van der Waals surface area contributed by atoms with Gasteiger partial charge in [-0.15, -0.1) is 0 Å². The van der Waals surface area contributed by atoms with E-state index in [4.69, 9.17) is 11.6 Å². The molecule has 0 N–H and O–H groups in total. The molecule has 0 aliphatic carbocycles. The lowest BCUT2D eigenvalue weighted by molar-refractivity contribution is 1.60. The fourth-order valence-electron chi connectivity index (χ4n) is 0.948. The van der Waals surface area contributed by atoms with Gasteiger partial charge in [0.05, 0.1) is 0 Å². The first-order valence-electron chi connectivity index (χ1n) is 4.39. The summed E-state index contributed by atoms with van der Waals surface area (Å²) in [6.07, 6.45) is 2.08. The van der Waals surface area contributed by atoms with Crippen molar-refractivity contribution in [1.82, 2.24) is 0 Å². The Bertz CT molecular complexity index is 349. The summed E-state index contributed by atoms with van der Waals surface area (Å²) in [5.74, 6) is 0. The van der Waals surface area contributed by atoms with E-state index in [1.165, 1.54) is 4.91 Å². The monoisotopic (exact) mass is 224 g/mol. The molecule has 14 heavy (non-hydrogen) atoms. The Morgan fingerprint density at radius 1 is 1.36 bits per heavy atom. The van der Waals surface area contributed by atoms with Crippen LogP contribution in [0, 0.1) is 0 Å². The van der Waals surface area contributed by atoms with Crippen LogP contribution in [0.4, 0.5) is 0 Å².